The quantitative estimate of drug-likeness (QED) is 0.784. The predicted molar refractivity (Wildman–Crippen MR) is 80.0 cm³/mol. The molecule has 1 fully saturated rings. The standard InChI is InChI=1S/C14H17BrN2O4/c1-14(2)12(19)17(13(20)16-14)7-9(18)8-21-11-6-4-3-5-10(11)15/h3-6,9,18H,7-8H2,1-2H3,(H,16,20)/t9-/m1/s1. The summed E-state index contributed by atoms with van der Waals surface area (Å²) in [6.45, 7) is 3.13. The number of imide groups is 1. The van der Waals surface area contributed by atoms with Crippen LogP contribution < -0.4 is 10.1 Å². The van der Waals surface area contributed by atoms with E-state index in [0.29, 0.717) is 5.75 Å². The third-order valence-electron chi connectivity index (χ3n) is 3.11. The molecule has 1 atom stereocenters. The van der Waals surface area contributed by atoms with Crippen LogP contribution in [0.4, 0.5) is 4.79 Å². The number of nitrogens with one attached hydrogen (secondary N) is 1. The van der Waals surface area contributed by atoms with Crippen molar-refractivity contribution in [2.24, 2.45) is 0 Å². The Bertz CT molecular complexity index is 562. The van der Waals surface area contributed by atoms with Crippen molar-refractivity contribution in [1.82, 2.24) is 10.2 Å². The first-order chi connectivity index (χ1) is 9.81. The number of ether oxygens (including phenoxy) is 1. The number of amides is 3. The number of aliphatic hydroxyl groups is 1. The van der Waals surface area contributed by atoms with Crippen LogP contribution in [0, 0.1) is 0 Å². The Labute approximate surface area is 131 Å². The summed E-state index contributed by atoms with van der Waals surface area (Å²) in [5.41, 5.74) is -0.930. The molecule has 0 radical (unpaired) electrons. The lowest BCUT2D eigenvalue weighted by Gasteiger charge is -2.19. The van der Waals surface area contributed by atoms with Crippen LogP contribution in [0.15, 0.2) is 28.7 Å². The number of hydrogen-bond acceptors (Lipinski definition) is 4. The molecule has 3 amide bonds. The molecule has 1 heterocycles. The highest BCUT2D eigenvalue weighted by molar-refractivity contribution is 9.10. The van der Waals surface area contributed by atoms with Gasteiger partial charge < -0.3 is 15.2 Å². The van der Waals surface area contributed by atoms with Crippen molar-refractivity contribution in [3.8, 4) is 5.75 Å². The van der Waals surface area contributed by atoms with Gasteiger partial charge in [-0.25, -0.2) is 4.79 Å². The van der Waals surface area contributed by atoms with Crippen molar-refractivity contribution in [3.05, 3.63) is 28.7 Å². The van der Waals surface area contributed by atoms with Crippen LogP contribution in [0.3, 0.4) is 0 Å². The molecule has 0 aliphatic carbocycles. The zero-order valence-corrected chi connectivity index (χ0v) is 13.4. The minimum Gasteiger partial charge on any atom is -0.490 e. The van der Waals surface area contributed by atoms with Crippen LogP contribution in [-0.2, 0) is 4.79 Å². The summed E-state index contributed by atoms with van der Waals surface area (Å²) in [6, 6.07) is 6.75. The van der Waals surface area contributed by atoms with Crippen LogP contribution >= 0.6 is 15.9 Å². The maximum absolute atomic E-state index is 12.0. The third kappa shape index (κ3) is 3.54. The summed E-state index contributed by atoms with van der Waals surface area (Å²) < 4.78 is 6.24. The van der Waals surface area contributed by atoms with E-state index in [9.17, 15) is 14.7 Å². The minimum atomic E-state index is -0.958. The third-order valence-corrected chi connectivity index (χ3v) is 3.76. The number of rotatable bonds is 5. The second kappa shape index (κ2) is 6.03. The molecule has 1 aromatic carbocycles. The van der Waals surface area contributed by atoms with E-state index in [1.165, 1.54) is 0 Å². The molecular formula is C14H17BrN2O4. The Morgan fingerprint density at radius 3 is 2.62 bits per heavy atom. The molecule has 1 aromatic rings. The maximum Gasteiger partial charge on any atom is 0.325 e. The lowest BCUT2D eigenvalue weighted by Crippen LogP contribution is -2.42. The fourth-order valence-electron chi connectivity index (χ4n) is 1.99. The summed E-state index contributed by atoms with van der Waals surface area (Å²) in [5, 5.41) is 12.5. The number of halogens is 1. The number of carbonyl (C=O) groups is 2. The average Bonchev–Trinajstić information content (AvgIpc) is 2.60. The first-order valence-electron chi connectivity index (χ1n) is 6.51. The summed E-state index contributed by atoms with van der Waals surface area (Å²) in [6.07, 6.45) is -0.958. The van der Waals surface area contributed by atoms with E-state index in [0.717, 1.165) is 9.37 Å². The van der Waals surface area contributed by atoms with Crippen LogP contribution in [0.1, 0.15) is 13.8 Å². The molecule has 0 aromatic heterocycles. The van der Waals surface area contributed by atoms with Gasteiger partial charge >= 0.3 is 6.03 Å². The van der Waals surface area contributed by atoms with Gasteiger partial charge in [0.25, 0.3) is 5.91 Å². The molecule has 6 nitrogen and oxygen atoms in total. The topological polar surface area (TPSA) is 78.9 Å². The molecule has 0 bridgehead atoms. The first kappa shape index (κ1) is 15.8. The lowest BCUT2D eigenvalue weighted by atomic mass is 10.1. The maximum atomic E-state index is 12.0. The highest BCUT2D eigenvalue weighted by Gasteiger charge is 2.44. The highest BCUT2D eigenvalue weighted by atomic mass is 79.9. The fourth-order valence-corrected chi connectivity index (χ4v) is 2.39. The summed E-state index contributed by atoms with van der Waals surface area (Å²) in [4.78, 5) is 24.7. The van der Waals surface area contributed by atoms with E-state index in [1.54, 1.807) is 19.9 Å². The van der Waals surface area contributed by atoms with Gasteiger partial charge in [0.1, 0.15) is 24.0 Å². The Hall–Kier alpha value is -1.60. The number of carbonyl (C=O) groups excluding carboxylic acids is 2. The number of benzene rings is 1. The van der Waals surface area contributed by atoms with E-state index in [4.69, 9.17) is 4.74 Å². The van der Waals surface area contributed by atoms with Gasteiger partial charge in [-0.1, -0.05) is 12.1 Å². The average molecular weight is 357 g/mol. The zero-order chi connectivity index (χ0) is 15.6. The Morgan fingerprint density at radius 1 is 1.38 bits per heavy atom. The fraction of sp³-hybridized carbons (Fsp3) is 0.429. The summed E-state index contributed by atoms with van der Waals surface area (Å²) in [7, 11) is 0. The molecule has 21 heavy (non-hydrogen) atoms. The van der Waals surface area contributed by atoms with E-state index in [2.05, 4.69) is 21.2 Å². The van der Waals surface area contributed by atoms with Crippen molar-refractivity contribution in [2.45, 2.75) is 25.5 Å². The van der Waals surface area contributed by atoms with Gasteiger partial charge in [0.05, 0.1) is 11.0 Å². The van der Waals surface area contributed by atoms with Crippen molar-refractivity contribution in [3.63, 3.8) is 0 Å². The number of β-amino-alcohol motifs (C(OH)–C–C–N with tert-alkyl or cyclic N) is 1. The van der Waals surface area contributed by atoms with Gasteiger partial charge in [0, 0.05) is 0 Å². The second-order valence-electron chi connectivity index (χ2n) is 5.37. The SMILES string of the molecule is CC1(C)NC(=O)N(C[C@@H](O)COc2ccccc2Br)C1=O. The van der Waals surface area contributed by atoms with Crippen LogP contribution in [0.25, 0.3) is 0 Å². The molecule has 1 aliphatic heterocycles. The molecule has 0 saturated carbocycles. The Kier molecular flexibility index (Phi) is 4.53. The van der Waals surface area contributed by atoms with Crippen molar-refractivity contribution in [1.29, 1.82) is 0 Å². The van der Waals surface area contributed by atoms with E-state index in [1.807, 2.05) is 18.2 Å². The molecule has 7 heteroatoms. The van der Waals surface area contributed by atoms with E-state index in [-0.39, 0.29) is 19.1 Å². The second-order valence-corrected chi connectivity index (χ2v) is 6.22. The molecule has 0 unspecified atom stereocenters. The number of urea groups is 1. The van der Waals surface area contributed by atoms with Crippen molar-refractivity contribution >= 4 is 27.9 Å². The summed E-state index contributed by atoms with van der Waals surface area (Å²) >= 11 is 3.33. The zero-order valence-electron chi connectivity index (χ0n) is 11.8. The summed E-state index contributed by atoms with van der Waals surface area (Å²) in [5.74, 6) is 0.238. The van der Waals surface area contributed by atoms with E-state index >= 15 is 0 Å². The largest absolute Gasteiger partial charge is 0.490 e. The lowest BCUT2D eigenvalue weighted by molar-refractivity contribution is -0.131. The molecule has 1 saturated heterocycles. The Balaban J connectivity index is 1.91. The smallest absolute Gasteiger partial charge is 0.325 e. The molecule has 1 aliphatic rings. The molecule has 114 valence electrons. The van der Waals surface area contributed by atoms with Gasteiger partial charge in [-0.3, -0.25) is 9.69 Å². The van der Waals surface area contributed by atoms with Gasteiger partial charge in [0.15, 0.2) is 0 Å². The van der Waals surface area contributed by atoms with E-state index < -0.39 is 17.7 Å². The van der Waals surface area contributed by atoms with Crippen molar-refractivity contribution < 1.29 is 19.4 Å². The van der Waals surface area contributed by atoms with Gasteiger partial charge in [-0.2, -0.15) is 0 Å². The molecule has 2 rings (SSSR count). The van der Waals surface area contributed by atoms with Crippen LogP contribution in [-0.4, -0.2) is 46.7 Å². The van der Waals surface area contributed by atoms with Gasteiger partial charge in [0.2, 0.25) is 0 Å². The molecular weight excluding hydrogens is 340 g/mol. The molecule has 0 spiro atoms. The first-order valence-corrected chi connectivity index (χ1v) is 7.30. The van der Waals surface area contributed by atoms with Crippen molar-refractivity contribution in [2.75, 3.05) is 13.2 Å². The molecule has 2 N–H and O–H groups in total. The number of hydrogen-bond donors (Lipinski definition) is 2. The normalized spacial score (nSPS) is 18.6. The monoisotopic (exact) mass is 356 g/mol. The predicted octanol–water partition coefficient (Wildman–Crippen LogP) is 1.52. The number of aliphatic hydroxyl groups excluding tert-OH is 1. The minimum absolute atomic E-state index is 0.0138. The van der Waals surface area contributed by atoms with Gasteiger partial charge in [-0.05, 0) is 41.9 Å². The Morgan fingerprint density at radius 2 is 2.05 bits per heavy atom. The van der Waals surface area contributed by atoms with Crippen LogP contribution in [0.5, 0.6) is 5.75 Å². The van der Waals surface area contributed by atoms with Crippen LogP contribution in [0.2, 0.25) is 0 Å². The number of para-hydroxylation sites is 1. The number of nitrogens with zero attached hydrogens (tertiary/aromatic N) is 1. The van der Waals surface area contributed by atoms with Gasteiger partial charge in [-0.15, -0.1) is 0 Å². The highest BCUT2D eigenvalue weighted by Crippen LogP contribution is 2.24.